The van der Waals surface area contributed by atoms with Crippen molar-refractivity contribution in [3.05, 3.63) is 11.6 Å². The van der Waals surface area contributed by atoms with Crippen LogP contribution < -0.4 is 18.9 Å². The van der Waals surface area contributed by atoms with Gasteiger partial charge in [0.25, 0.3) is 0 Å². The van der Waals surface area contributed by atoms with Gasteiger partial charge in [-0.05, 0) is 12.5 Å². The fraction of sp³-hybridized carbons (Fsp3) is 0.417. The summed E-state index contributed by atoms with van der Waals surface area (Å²) >= 11 is 0. The molecule has 0 radical (unpaired) electrons. The second-order valence-electron chi connectivity index (χ2n) is 3.61. The van der Waals surface area contributed by atoms with Crippen LogP contribution in [0.4, 0.5) is 0 Å². The number of benzene rings is 1. The van der Waals surface area contributed by atoms with E-state index in [9.17, 15) is 4.79 Å². The molecule has 0 bridgehead atoms. The Labute approximate surface area is 99.2 Å². The van der Waals surface area contributed by atoms with Crippen LogP contribution in [0.15, 0.2) is 6.07 Å². The normalized spacial score (nSPS) is 13.7. The topological polar surface area (TPSA) is 54.0 Å². The van der Waals surface area contributed by atoms with Gasteiger partial charge in [0.15, 0.2) is 11.5 Å². The molecule has 17 heavy (non-hydrogen) atoms. The Morgan fingerprint density at radius 1 is 1.06 bits per heavy atom. The number of esters is 1. The van der Waals surface area contributed by atoms with Gasteiger partial charge in [-0.1, -0.05) is 0 Å². The van der Waals surface area contributed by atoms with Gasteiger partial charge in [0, 0.05) is 5.56 Å². The number of hydrogen-bond acceptors (Lipinski definition) is 5. The fourth-order valence-corrected chi connectivity index (χ4v) is 1.88. The SMILES string of the molecule is COc1cc2c(c(OC)c1OC)OC(=O)CC2. The maximum Gasteiger partial charge on any atom is 0.311 e. The molecule has 2 rings (SSSR count). The van der Waals surface area contributed by atoms with E-state index in [1.807, 2.05) is 6.07 Å². The number of ether oxygens (including phenoxy) is 4. The monoisotopic (exact) mass is 238 g/mol. The summed E-state index contributed by atoms with van der Waals surface area (Å²) < 4.78 is 20.9. The van der Waals surface area contributed by atoms with Crippen molar-refractivity contribution in [3.63, 3.8) is 0 Å². The van der Waals surface area contributed by atoms with Crippen LogP contribution in [0, 0.1) is 0 Å². The molecule has 0 unspecified atom stereocenters. The lowest BCUT2D eigenvalue weighted by molar-refractivity contribution is -0.135. The number of fused-ring (bicyclic) bond motifs is 1. The van der Waals surface area contributed by atoms with E-state index in [2.05, 4.69) is 0 Å². The number of methoxy groups -OCH3 is 3. The first-order valence-corrected chi connectivity index (χ1v) is 5.23. The lowest BCUT2D eigenvalue weighted by Gasteiger charge is -2.21. The summed E-state index contributed by atoms with van der Waals surface area (Å²) in [6, 6.07) is 1.81. The van der Waals surface area contributed by atoms with Crippen molar-refractivity contribution in [2.45, 2.75) is 12.8 Å². The van der Waals surface area contributed by atoms with Crippen molar-refractivity contribution in [3.8, 4) is 23.0 Å². The number of aryl methyl sites for hydroxylation is 1. The number of hydrogen-bond donors (Lipinski definition) is 0. The van der Waals surface area contributed by atoms with Crippen LogP contribution in [0.3, 0.4) is 0 Å². The molecule has 1 aliphatic rings. The first kappa shape index (κ1) is 11.6. The lowest BCUT2D eigenvalue weighted by Crippen LogP contribution is -2.17. The molecule has 0 saturated heterocycles. The average molecular weight is 238 g/mol. The second-order valence-corrected chi connectivity index (χ2v) is 3.61. The van der Waals surface area contributed by atoms with E-state index < -0.39 is 0 Å². The summed E-state index contributed by atoms with van der Waals surface area (Å²) in [6.07, 6.45) is 0.983. The zero-order valence-electron chi connectivity index (χ0n) is 10.0. The van der Waals surface area contributed by atoms with Crippen molar-refractivity contribution in [1.29, 1.82) is 0 Å². The van der Waals surface area contributed by atoms with Crippen molar-refractivity contribution in [2.75, 3.05) is 21.3 Å². The van der Waals surface area contributed by atoms with Crippen molar-refractivity contribution >= 4 is 5.97 Å². The van der Waals surface area contributed by atoms with Crippen LogP contribution in [0.2, 0.25) is 0 Å². The summed E-state index contributed by atoms with van der Waals surface area (Å²) in [5, 5.41) is 0. The second kappa shape index (κ2) is 4.53. The van der Waals surface area contributed by atoms with E-state index in [1.54, 1.807) is 7.11 Å². The highest BCUT2D eigenvalue weighted by molar-refractivity contribution is 5.78. The molecule has 1 aromatic rings. The summed E-state index contributed by atoms with van der Waals surface area (Å²) in [6.45, 7) is 0. The van der Waals surface area contributed by atoms with Crippen LogP contribution in [0.1, 0.15) is 12.0 Å². The lowest BCUT2D eigenvalue weighted by atomic mass is 10.0. The first-order chi connectivity index (χ1) is 8.21. The highest BCUT2D eigenvalue weighted by Gasteiger charge is 2.27. The van der Waals surface area contributed by atoms with Crippen LogP contribution >= 0.6 is 0 Å². The molecule has 0 spiro atoms. The number of carbonyl (C=O) groups excluding carboxylic acids is 1. The third kappa shape index (κ3) is 1.88. The maximum absolute atomic E-state index is 11.3. The van der Waals surface area contributed by atoms with E-state index in [0.29, 0.717) is 35.8 Å². The average Bonchev–Trinajstić information content (AvgIpc) is 2.36. The fourth-order valence-electron chi connectivity index (χ4n) is 1.88. The highest BCUT2D eigenvalue weighted by atomic mass is 16.6. The first-order valence-electron chi connectivity index (χ1n) is 5.23. The predicted molar refractivity (Wildman–Crippen MR) is 60.1 cm³/mol. The van der Waals surface area contributed by atoms with Gasteiger partial charge in [0.1, 0.15) is 0 Å². The molecule has 5 heteroatoms. The van der Waals surface area contributed by atoms with Gasteiger partial charge in [-0.15, -0.1) is 0 Å². The minimum Gasteiger partial charge on any atom is -0.493 e. The summed E-state index contributed by atoms with van der Waals surface area (Å²) in [5.74, 6) is 1.57. The van der Waals surface area contributed by atoms with Gasteiger partial charge in [-0.25, -0.2) is 0 Å². The van der Waals surface area contributed by atoms with Gasteiger partial charge < -0.3 is 18.9 Å². The molecule has 0 amide bonds. The number of carbonyl (C=O) groups is 1. The Morgan fingerprint density at radius 3 is 2.35 bits per heavy atom. The Hall–Kier alpha value is -1.91. The molecule has 1 aromatic carbocycles. The molecule has 5 nitrogen and oxygen atoms in total. The van der Waals surface area contributed by atoms with Crippen LogP contribution in [-0.2, 0) is 11.2 Å². The molecule has 0 atom stereocenters. The highest BCUT2D eigenvalue weighted by Crippen LogP contribution is 2.48. The van der Waals surface area contributed by atoms with Gasteiger partial charge in [-0.2, -0.15) is 0 Å². The summed E-state index contributed by atoms with van der Waals surface area (Å²) in [4.78, 5) is 11.3. The minimum absolute atomic E-state index is 0.261. The van der Waals surface area contributed by atoms with Crippen LogP contribution in [0.5, 0.6) is 23.0 Å². The van der Waals surface area contributed by atoms with E-state index in [0.717, 1.165) is 5.56 Å². The Morgan fingerprint density at radius 2 is 1.76 bits per heavy atom. The largest absolute Gasteiger partial charge is 0.493 e. The maximum atomic E-state index is 11.3. The molecular formula is C12H14O5. The Balaban J connectivity index is 2.62. The third-order valence-electron chi connectivity index (χ3n) is 2.68. The van der Waals surface area contributed by atoms with Gasteiger partial charge in [0.2, 0.25) is 11.5 Å². The van der Waals surface area contributed by atoms with Crippen LogP contribution in [-0.4, -0.2) is 27.3 Å². The standard InChI is InChI=1S/C12H14O5/c1-14-8-6-7-4-5-9(13)17-10(7)12(16-3)11(8)15-2/h6H,4-5H2,1-3H3. The summed E-state index contributed by atoms with van der Waals surface area (Å²) in [5.41, 5.74) is 0.888. The Kier molecular flexibility index (Phi) is 3.08. The van der Waals surface area contributed by atoms with E-state index in [1.165, 1.54) is 14.2 Å². The zero-order chi connectivity index (χ0) is 12.4. The van der Waals surface area contributed by atoms with Crippen molar-refractivity contribution in [2.24, 2.45) is 0 Å². The molecule has 0 fully saturated rings. The van der Waals surface area contributed by atoms with Gasteiger partial charge >= 0.3 is 5.97 Å². The zero-order valence-corrected chi connectivity index (χ0v) is 10.0. The van der Waals surface area contributed by atoms with E-state index in [-0.39, 0.29) is 5.97 Å². The number of rotatable bonds is 3. The molecule has 0 saturated carbocycles. The molecule has 1 aliphatic heterocycles. The minimum atomic E-state index is -0.261. The smallest absolute Gasteiger partial charge is 0.311 e. The van der Waals surface area contributed by atoms with E-state index >= 15 is 0 Å². The third-order valence-corrected chi connectivity index (χ3v) is 2.68. The molecule has 1 heterocycles. The molecule has 0 aliphatic carbocycles. The van der Waals surface area contributed by atoms with Crippen molar-refractivity contribution < 1.29 is 23.7 Å². The van der Waals surface area contributed by atoms with Crippen LogP contribution in [0.25, 0.3) is 0 Å². The quantitative estimate of drug-likeness (QED) is 0.591. The predicted octanol–water partition coefficient (Wildman–Crippen LogP) is 1.56. The Bertz CT molecular complexity index is 453. The van der Waals surface area contributed by atoms with Gasteiger partial charge in [0.05, 0.1) is 27.8 Å². The van der Waals surface area contributed by atoms with E-state index in [4.69, 9.17) is 18.9 Å². The van der Waals surface area contributed by atoms with Gasteiger partial charge in [-0.3, -0.25) is 4.79 Å². The molecule has 0 aromatic heterocycles. The summed E-state index contributed by atoms with van der Waals surface area (Å²) in [7, 11) is 4.57. The molecule has 92 valence electrons. The molecule has 0 N–H and O–H groups in total. The van der Waals surface area contributed by atoms with Crippen molar-refractivity contribution in [1.82, 2.24) is 0 Å². The molecular weight excluding hydrogens is 224 g/mol.